The molecule has 0 aromatic rings. The molecule has 0 amide bonds. The molecule has 4 unspecified atom stereocenters. The number of carboxylic acids is 2. The predicted molar refractivity (Wildman–Crippen MR) is 77.1 cm³/mol. The van der Waals surface area contributed by atoms with Crippen molar-refractivity contribution in [1.82, 2.24) is 0 Å². The monoisotopic (exact) mass is 385 g/mol. The van der Waals surface area contributed by atoms with E-state index in [1.165, 1.54) is 13.8 Å². The molecule has 0 fully saturated rings. The third kappa shape index (κ3) is 3.29. The SMILES string of the molecule is CCC1(C(=O)[O-])C(C(F)(F)F)=NC(C(F)F)C(C)(C(=O)[O-])C1CC(C)C. The molecule has 0 radical (unpaired) electrons. The second-order valence-corrected chi connectivity index (χ2v) is 7.12. The van der Waals surface area contributed by atoms with Crippen LogP contribution in [0.1, 0.15) is 40.5 Å². The Hall–Kier alpha value is -1.74. The van der Waals surface area contributed by atoms with Crippen molar-refractivity contribution in [3.8, 4) is 0 Å². The summed E-state index contributed by atoms with van der Waals surface area (Å²) in [5.74, 6) is -6.59. The van der Waals surface area contributed by atoms with Crippen molar-refractivity contribution >= 4 is 17.7 Å². The molecule has 1 aliphatic heterocycles. The summed E-state index contributed by atoms with van der Waals surface area (Å²) in [7, 11) is 0. The lowest BCUT2D eigenvalue weighted by Crippen LogP contribution is -2.69. The average molecular weight is 385 g/mol. The van der Waals surface area contributed by atoms with Gasteiger partial charge in [-0.25, -0.2) is 8.78 Å². The van der Waals surface area contributed by atoms with Crippen molar-refractivity contribution in [2.24, 2.45) is 27.7 Å². The first-order chi connectivity index (χ1) is 11.7. The smallest absolute Gasteiger partial charge is 0.430 e. The molecular formula is C16H20F5NO4-2. The van der Waals surface area contributed by atoms with E-state index in [0.29, 0.717) is 0 Å². The van der Waals surface area contributed by atoms with Crippen LogP contribution in [0.4, 0.5) is 22.0 Å². The first-order valence-corrected chi connectivity index (χ1v) is 8.03. The number of rotatable bonds is 6. The molecule has 0 bridgehead atoms. The first-order valence-electron chi connectivity index (χ1n) is 8.03. The van der Waals surface area contributed by atoms with Gasteiger partial charge in [-0.05, 0) is 24.7 Å². The molecular weight excluding hydrogens is 365 g/mol. The van der Waals surface area contributed by atoms with Crippen LogP contribution in [-0.4, -0.2) is 36.3 Å². The van der Waals surface area contributed by atoms with E-state index >= 15 is 0 Å². The van der Waals surface area contributed by atoms with Gasteiger partial charge in [0, 0.05) is 11.4 Å². The second kappa shape index (κ2) is 7.11. The zero-order chi connectivity index (χ0) is 20.7. The zero-order valence-electron chi connectivity index (χ0n) is 14.7. The quantitative estimate of drug-likeness (QED) is 0.643. The third-order valence-electron chi connectivity index (χ3n) is 5.20. The van der Waals surface area contributed by atoms with Gasteiger partial charge in [0.25, 0.3) is 6.43 Å². The number of aliphatic carboxylic acids is 2. The van der Waals surface area contributed by atoms with Gasteiger partial charge in [-0.3, -0.25) is 4.99 Å². The normalized spacial score (nSPS) is 32.7. The highest BCUT2D eigenvalue weighted by Crippen LogP contribution is 2.56. The van der Waals surface area contributed by atoms with Crippen LogP contribution in [0.2, 0.25) is 0 Å². The Morgan fingerprint density at radius 2 is 1.69 bits per heavy atom. The van der Waals surface area contributed by atoms with Crippen LogP contribution in [0.3, 0.4) is 0 Å². The zero-order valence-corrected chi connectivity index (χ0v) is 14.7. The molecule has 0 N–H and O–H groups in total. The van der Waals surface area contributed by atoms with E-state index in [2.05, 4.69) is 4.99 Å². The fourth-order valence-corrected chi connectivity index (χ4v) is 3.89. The van der Waals surface area contributed by atoms with E-state index in [1.54, 1.807) is 0 Å². The van der Waals surface area contributed by atoms with Gasteiger partial charge in [0.15, 0.2) is 0 Å². The number of halogens is 5. The van der Waals surface area contributed by atoms with E-state index in [0.717, 1.165) is 13.8 Å². The summed E-state index contributed by atoms with van der Waals surface area (Å²) in [5.41, 5.74) is -7.42. The summed E-state index contributed by atoms with van der Waals surface area (Å²) in [6.45, 7) is 4.91. The number of carbonyl (C=O) groups excluding carboxylic acids is 2. The minimum atomic E-state index is -5.34. The number of hydrogen-bond donors (Lipinski definition) is 0. The Labute approximate surface area is 147 Å². The first kappa shape index (κ1) is 22.3. The highest BCUT2D eigenvalue weighted by Gasteiger charge is 2.65. The maximum absolute atomic E-state index is 13.6. The summed E-state index contributed by atoms with van der Waals surface area (Å²) in [4.78, 5) is 26.5. The largest absolute Gasteiger partial charge is 0.549 e. The van der Waals surface area contributed by atoms with Crippen molar-refractivity contribution in [2.45, 2.75) is 59.2 Å². The molecule has 1 heterocycles. The maximum Gasteiger partial charge on any atom is 0.430 e. The standard InChI is InChI=1S/C16H22F5NO4/c1-5-15(13(25)26)8(6-7(2)3)14(4,12(23)24)9(10(17)18)22-11(15)16(19,20)21/h7-10H,5-6H2,1-4H3,(H,23,24)(H,25,26)/p-2. The Morgan fingerprint density at radius 3 is 1.96 bits per heavy atom. The molecule has 1 rings (SSSR count). The Morgan fingerprint density at radius 1 is 1.19 bits per heavy atom. The van der Waals surface area contributed by atoms with Crippen LogP contribution < -0.4 is 10.2 Å². The fraction of sp³-hybridized carbons (Fsp3) is 0.812. The topological polar surface area (TPSA) is 92.6 Å². The number of carboxylic acid groups (broad SMARTS) is 2. The van der Waals surface area contributed by atoms with E-state index in [1.807, 2.05) is 0 Å². The molecule has 10 heteroatoms. The molecule has 150 valence electrons. The number of alkyl halides is 5. The van der Waals surface area contributed by atoms with Crippen LogP contribution in [0.25, 0.3) is 0 Å². The van der Waals surface area contributed by atoms with Gasteiger partial charge < -0.3 is 19.8 Å². The van der Waals surface area contributed by atoms with Crippen LogP contribution >= 0.6 is 0 Å². The molecule has 0 saturated carbocycles. The molecule has 0 spiro atoms. The number of carbonyl (C=O) groups is 2. The minimum absolute atomic E-state index is 0.370. The highest BCUT2D eigenvalue weighted by molar-refractivity contribution is 6.10. The van der Waals surface area contributed by atoms with Crippen molar-refractivity contribution in [1.29, 1.82) is 0 Å². The summed E-state index contributed by atoms with van der Waals surface area (Å²) in [6, 6.07) is -2.59. The lowest BCUT2D eigenvalue weighted by Gasteiger charge is -2.56. The molecule has 0 aromatic heterocycles. The van der Waals surface area contributed by atoms with Crippen LogP contribution in [-0.2, 0) is 9.59 Å². The van der Waals surface area contributed by atoms with Gasteiger partial charge in [0.1, 0.15) is 11.8 Å². The number of aliphatic imine (C=N–C) groups is 1. The van der Waals surface area contributed by atoms with Crippen molar-refractivity contribution in [3.05, 3.63) is 0 Å². The van der Waals surface area contributed by atoms with Crippen LogP contribution in [0, 0.1) is 22.7 Å². The number of nitrogens with zero attached hydrogens (tertiary/aromatic N) is 1. The van der Waals surface area contributed by atoms with Gasteiger partial charge in [0.05, 0.1) is 11.4 Å². The van der Waals surface area contributed by atoms with Gasteiger partial charge in [-0.1, -0.05) is 27.7 Å². The van der Waals surface area contributed by atoms with Crippen molar-refractivity contribution < 1.29 is 41.8 Å². The minimum Gasteiger partial charge on any atom is -0.549 e. The molecule has 0 saturated heterocycles. The fourth-order valence-electron chi connectivity index (χ4n) is 3.89. The lowest BCUT2D eigenvalue weighted by atomic mass is 9.52. The van der Waals surface area contributed by atoms with Gasteiger partial charge >= 0.3 is 6.18 Å². The summed E-state index contributed by atoms with van der Waals surface area (Å²) in [5, 5.41) is 23.6. The number of hydrogen-bond acceptors (Lipinski definition) is 5. The summed E-state index contributed by atoms with van der Waals surface area (Å²) in [6.07, 6.45) is -9.98. The van der Waals surface area contributed by atoms with E-state index < -0.39 is 65.4 Å². The Bertz CT molecular complexity index is 604. The average Bonchev–Trinajstić information content (AvgIpc) is 2.46. The highest BCUT2D eigenvalue weighted by atomic mass is 19.4. The molecule has 26 heavy (non-hydrogen) atoms. The summed E-state index contributed by atoms with van der Waals surface area (Å²) < 4.78 is 67.6. The van der Waals surface area contributed by atoms with E-state index in [-0.39, 0.29) is 6.42 Å². The lowest BCUT2D eigenvalue weighted by molar-refractivity contribution is -0.334. The third-order valence-corrected chi connectivity index (χ3v) is 5.20. The maximum atomic E-state index is 13.6. The van der Waals surface area contributed by atoms with Crippen LogP contribution in [0.15, 0.2) is 4.99 Å². The molecule has 4 atom stereocenters. The van der Waals surface area contributed by atoms with Crippen molar-refractivity contribution in [2.75, 3.05) is 0 Å². The Kier molecular flexibility index (Phi) is 6.10. The molecule has 0 aliphatic carbocycles. The molecule has 5 nitrogen and oxygen atoms in total. The van der Waals surface area contributed by atoms with Crippen molar-refractivity contribution in [3.63, 3.8) is 0 Å². The van der Waals surface area contributed by atoms with Gasteiger partial charge in [0.2, 0.25) is 0 Å². The van der Waals surface area contributed by atoms with Gasteiger partial charge in [-0.15, -0.1) is 0 Å². The van der Waals surface area contributed by atoms with E-state index in [4.69, 9.17) is 0 Å². The van der Waals surface area contributed by atoms with E-state index in [9.17, 15) is 41.8 Å². The van der Waals surface area contributed by atoms with Crippen LogP contribution in [0.5, 0.6) is 0 Å². The summed E-state index contributed by atoms with van der Waals surface area (Å²) >= 11 is 0. The Balaban J connectivity index is 3.99. The van der Waals surface area contributed by atoms with Gasteiger partial charge in [-0.2, -0.15) is 13.2 Å². The second-order valence-electron chi connectivity index (χ2n) is 7.12. The molecule has 1 aliphatic rings. The molecule has 0 aromatic carbocycles. The predicted octanol–water partition coefficient (Wildman–Crippen LogP) is 1.20.